The molecule has 0 spiro atoms. The van der Waals surface area contributed by atoms with Gasteiger partial charge in [0.1, 0.15) is 6.54 Å². The van der Waals surface area contributed by atoms with Crippen LogP contribution in [0.3, 0.4) is 0 Å². The minimum absolute atomic E-state index is 0.226. The highest BCUT2D eigenvalue weighted by Gasteiger charge is 2.34. The summed E-state index contributed by atoms with van der Waals surface area (Å²) < 4.78 is 0. The van der Waals surface area contributed by atoms with Crippen LogP contribution in [-0.4, -0.2) is 39.0 Å². The Balaban J connectivity index is 2.16. The normalized spacial score (nSPS) is 14.1. The highest BCUT2D eigenvalue weighted by atomic mass is 16.4. The van der Waals surface area contributed by atoms with Gasteiger partial charge < -0.3 is 14.9 Å². The number of rotatable bonds is 2. The molecule has 1 N–H and O–H groups in total. The van der Waals surface area contributed by atoms with E-state index in [0.717, 1.165) is 11.1 Å². The number of urea groups is 1. The Morgan fingerprint density at radius 3 is 2.10 bits per heavy atom. The Morgan fingerprint density at radius 2 is 1.70 bits per heavy atom. The molecule has 1 aromatic rings. The zero-order chi connectivity index (χ0) is 14.9. The summed E-state index contributed by atoms with van der Waals surface area (Å²) in [5.41, 5.74) is 1.74. The smallest absolute Gasteiger partial charge is 0.323 e. The van der Waals surface area contributed by atoms with Gasteiger partial charge in [0.25, 0.3) is 0 Å². The molecule has 1 aliphatic heterocycles. The lowest BCUT2D eigenvalue weighted by Crippen LogP contribution is -2.52. The fourth-order valence-electron chi connectivity index (χ4n) is 2.37. The number of aliphatic carboxylic acids is 1. The van der Waals surface area contributed by atoms with Gasteiger partial charge >= 0.3 is 12.0 Å². The van der Waals surface area contributed by atoms with E-state index in [4.69, 9.17) is 5.11 Å². The summed E-state index contributed by atoms with van der Waals surface area (Å²) in [5.74, 6) is -0.995. The van der Waals surface area contributed by atoms with Crippen LogP contribution in [0.25, 0.3) is 0 Å². The van der Waals surface area contributed by atoms with E-state index in [1.165, 1.54) is 4.90 Å². The van der Waals surface area contributed by atoms with Crippen molar-refractivity contribution in [3.05, 3.63) is 35.4 Å². The Morgan fingerprint density at radius 1 is 1.20 bits per heavy atom. The minimum atomic E-state index is -0.995. The summed E-state index contributed by atoms with van der Waals surface area (Å²) in [5, 5.41) is 9.00. The second-order valence-corrected chi connectivity index (χ2v) is 6.06. The summed E-state index contributed by atoms with van der Waals surface area (Å²) in [6, 6.07) is 7.68. The van der Waals surface area contributed by atoms with Crippen molar-refractivity contribution in [1.29, 1.82) is 0 Å². The molecule has 1 aromatic carbocycles. The van der Waals surface area contributed by atoms with Crippen LogP contribution in [-0.2, 0) is 17.9 Å². The van der Waals surface area contributed by atoms with Crippen LogP contribution in [0.2, 0.25) is 0 Å². The molecule has 2 amide bonds. The van der Waals surface area contributed by atoms with Crippen LogP contribution in [0.4, 0.5) is 4.79 Å². The van der Waals surface area contributed by atoms with Gasteiger partial charge in [0, 0.05) is 18.6 Å². The number of fused-ring (bicyclic) bond motifs is 1. The molecule has 20 heavy (non-hydrogen) atoms. The van der Waals surface area contributed by atoms with Gasteiger partial charge in [-0.3, -0.25) is 4.79 Å². The largest absolute Gasteiger partial charge is 0.480 e. The topological polar surface area (TPSA) is 60.9 Å². The average molecular weight is 276 g/mol. The number of nitrogens with zero attached hydrogens (tertiary/aromatic N) is 2. The maximum absolute atomic E-state index is 12.6. The molecule has 0 saturated carbocycles. The second-order valence-electron chi connectivity index (χ2n) is 6.06. The third kappa shape index (κ3) is 2.92. The van der Waals surface area contributed by atoms with E-state index in [2.05, 4.69) is 0 Å². The lowest BCUT2D eigenvalue weighted by Gasteiger charge is -2.37. The van der Waals surface area contributed by atoms with Crippen molar-refractivity contribution in [2.45, 2.75) is 39.4 Å². The van der Waals surface area contributed by atoms with E-state index in [-0.39, 0.29) is 12.6 Å². The van der Waals surface area contributed by atoms with Crippen LogP contribution >= 0.6 is 0 Å². The van der Waals surface area contributed by atoms with Gasteiger partial charge in [-0.15, -0.1) is 0 Å². The van der Waals surface area contributed by atoms with E-state index < -0.39 is 11.5 Å². The molecular weight excluding hydrogens is 256 g/mol. The fraction of sp³-hybridized carbons (Fsp3) is 0.467. The standard InChI is InChI=1S/C15H20N2O3/c1-15(2,3)17(10-13(18)19)14(20)16-8-11-6-4-5-7-12(11)9-16/h4-7H,8-10H2,1-3H3,(H,18,19). The number of carbonyl (C=O) groups excluding carboxylic acids is 1. The monoisotopic (exact) mass is 276 g/mol. The predicted molar refractivity (Wildman–Crippen MR) is 75.2 cm³/mol. The lowest BCUT2D eigenvalue weighted by molar-refractivity contribution is -0.138. The van der Waals surface area contributed by atoms with Crippen LogP contribution in [0.15, 0.2) is 24.3 Å². The van der Waals surface area contributed by atoms with Gasteiger partial charge in [-0.25, -0.2) is 4.79 Å². The molecule has 0 saturated heterocycles. The Labute approximate surface area is 118 Å². The quantitative estimate of drug-likeness (QED) is 0.901. The van der Waals surface area contributed by atoms with Gasteiger partial charge in [0.15, 0.2) is 0 Å². The molecule has 1 heterocycles. The molecule has 0 unspecified atom stereocenters. The van der Waals surface area contributed by atoms with Gasteiger partial charge in [-0.1, -0.05) is 24.3 Å². The molecule has 0 aliphatic carbocycles. The number of carboxylic acid groups (broad SMARTS) is 1. The predicted octanol–water partition coefficient (Wildman–Crippen LogP) is 2.31. The number of amides is 2. The van der Waals surface area contributed by atoms with Crippen molar-refractivity contribution in [2.75, 3.05) is 6.54 Å². The van der Waals surface area contributed by atoms with Crippen molar-refractivity contribution in [3.8, 4) is 0 Å². The van der Waals surface area contributed by atoms with Crippen LogP contribution < -0.4 is 0 Å². The zero-order valence-corrected chi connectivity index (χ0v) is 12.1. The molecule has 1 aliphatic rings. The Hall–Kier alpha value is -2.04. The van der Waals surface area contributed by atoms with Crippen LogP contribution in [0.5, 0.6) is 0 Å². The lowest BCUT2D eigenvalue weighted by atomic mass is 10.1. The highest BCUT2D eigenvalue weighted by Crippen LogP contribution is 2.25. The van der Waals surface area contributed by atoms with E-state index in [0.29, 0.717) is 13.1 Å². The third-order valence-corrected chi connectivity index (χ3v) is 3.45. The van der Waals surface area contributed by atoms with Crippen LogP contribution in [0, 0.1) is 0 Å². The first-order valence-corrected chi connectivity index (χ1v) is 6.64. The van der Waals surface area contributed by atoms with E-state index >= 15 is 0 Å². The number of hydrogen-bond donors (Lipinski definition) is 1. The van der Waals surface area contributed by atoms with Crippen LogP contribution in [0.1, 0.15) is 31.9 Å². The number of carboxylic acids is 1. The molecule has 0 aromatic heterocycles. The number of carbonyl (C=O) groups is 2. The van der Waals surface area contributed by atoms with Crippen molar-refractivity contribution >= 4 is 12.0 Å². The molecule has 0 atom stereocenters. The molecule has 108 valence electrons. The average Bonchev–Trinajstić information content (AvgIpc) is 2.77. The zero-order valence-electron chi connectivity index (χ0n) is 12.1. The summed E-state index contributed by atoms with van der Waals surface area (Å²) in [4.78, 5) is 26.7. The fourth-order valence-corrected chi connectivity index (χ4v) is 2.37. The van der Waals surface area contributed by atoms with E-state index in [1.807, 2.05) is 45.0 Å². The molecule has 2 rings (SSSR count). The van der Waals surface area contributed by atoms with Gasteiger partial charge in [0.2, 0.25) is 0 Å². The van der Waals surface area contributed by atoms with Gasteiger partial charge in [0.05, 0.1) is 0 Å². The molecule has 0 fully saturated rings. The first-order chi connectivity index (χ1) is 9.29. The molecule has 5 heteroatoms. The van der Waals surface area contributed by atoms with Crippen molar-refractivity contribution in [3.63, 3.8) is 0 Å². The van der Waals surface area contributed by atoms with E-state index in [1.54, 1.807) is 4.90 Å². The Kier molecular flexibility index (Phi) is 3.70. The molecular formula is C15H20N2O3. The first kappa shape index (κ1) is 14.4. The minimum Gasteiger partial charge on any atom is -0.480 e. The highest BCUT2D eigenvalue weighted by molar-refractivity contribution is 5.81. The summed E-state index contributed by atoms with van der Waals surface area (Å²) in [6.07, 6.45) is 0. The maximum Gasteiger partial charge on any atom is 0.323 e. The van der Waals surface area contributed by atoms with E-state index in [9.17, 15) is 9.59 Å². The second kappa shape index (κ2) is 5.15. The Bertz CT molecular complexity index is 509. The molecule has 5 nitrogen and oxygen atoms in total. The summed E-state index contributed by atoms with van der Waals surface area (Å²) >= 11 is 0. The van der Waals surface area contributed by atoms with Crippen molar-refractivity contribution < 1.29 is 14.7 Å². The maximum atomic E-state index is 12.6. The molecule has 0 radical (unpaired) electrons. The third-order valence-electron chi connectivity index (χ3n) is 3.45. The SMILES string of the molecule is CC(C)(C)N(CC(=O)O)C(=O)N1Cc2ccccc2C1. The number of benzene rings is 1. The van der Waals surface area contributed by atoms with Crippen molar-refractivity contribution in [2.24, 2.45) is 0 Å². The molecule has 0 bridgehead atoms. The summed E-state index contributed by atoms with van der Waals surface area (Å²) in [7, 11) is 0. The number of hydrogen-bond acceptors (Lipinski definition) is 2. The van der Waals surface area contributed by atoms with Gasteiger partial charge in [-0.2, -0.15) is 0 Å². The first-order valence-electron chi connectivity index (χ1n) is 6.64. The summed E-state index contributed by atoms with van der Waals surface area (Å²) in [6.45, 7) is 6.34. The van der Waals surface area contributed by atoms with Gasteiger partial charge in [-0.05, 0) is 31.9 Å². The van der Waals surface area contributed by atoms with Crippen molar-refractivity contribution in [1.82, 2.24) is 9.80 Å².